The van der Waals surface area contributed by atoms with Crippen LogP contribution in [0.3, 0.4) is 0 Å². The number of hydrogen-bond acceptors (Lipinski definition) is 4. The van der Waals surface area contributed by atoms with Crippen LogP contribution >= 0.6 is 22.9 Å². The van der Waals surface area contributed by atoms with Gasteiger partial charge in [0, 0.05) is 0 Å². The van der Waals surface area contributed by atoms with Crippen molar-refractivity contribution in [1.82, 2.24) is 15.0 Å². The lowest BCUT2D eigenvalue weighted by atomic mass is 10.2. The summed E-state index contributed by atoms with van der Waals surface area (Å²) < 4.78 is 0. The number of rotatable bonds is 3. The summed E-state index contributed by atoms with van der Waals surface area (Å²) in [5.41, 5.74) is 1.33. The Kier molecular flexibility index (Phi) is 3.33. The summed E-state index contributed by atoms with van der Waals surface area (Å²) in [6.45, 7) is 0. The topological polar surface area (TPSA) is 50.9 Å². The molecule has 0 amide bonds. The van der Waals surface area contributed by atoms with Crippen LogP contribution in [0.5, 0.6) is 0 Å². The fourth-order valence-electron chi connectivity index (χ4n) is 1.72. The van der Waals surface area contributed by atoms with Gasteiger partial charge < -0.3 is 5.11 Å². The zero-order valence-electron chi connectivity index (χ0n) is 9.77. The van der Waals surface area contributed by atoms with E-state index in [2.05, 4.69) is 10.2 Å². The Bertz CT molecular complexity index is 680. The van der Waals surface area contributed by atoms with Crippen LogP contribution in [0.2, 0.25) is 5.02 Å². The minimum absolute atomic E-state index is 0.480. The lowest BCUT2D eigenvalue weighted by molar-refractivity contribution is 0.218. The van der Waals surface area contributed by atoms with Crippen molar-refractivity contribution in [3.8, 4) is 5.69 Å². The molecule has 3 aromatic rings. The molecule has 0 saturated carbocycles. The van der Waals surface area contributed by atoms with Gasteiger partial charge >= 0.3 is 0 Å². The van der Waals surface area contributed by atoms with Gasteiger partial charge in [-0.05, 0) is 23.6 Å². The monoisotopic (exact) mass is 291 g/mol. The number of hydrogen-bond donors (Lipinski definition) is 1. The Labute approximate surface area is 118 Å². The molecule has 0 aliphatic rings. The van der Waals surface area contributed by atoms with E-state index in [9.17, 15) is 5.11 Å². The standard InChI is InChI=1S/C13H10ClN3OS/c14-10-6-7-19-13(10)12(18)11-8-15-17(16-11)9-4-2-1-3-5-9/h1-8,12,18H. The molecule has 6 heteroatoms. The molecule has 1 unspecified atom stereocenters. The molecule has 1 N–H and O–H groups in total. The number of aromatic nitrogens is 3. The molecule has 1 aromatic carbocycles. The second kappa shape index (κ2) is 5.13. The molecule has 0 fully saturated rings. The number of aliphatic hydroxyl groups excluding tert-OH is 1. The molecule has 0 radical (unpaired) electrons. The van der Waals surface area contributed by atoms with Crippen molar-refractivity contribution in [2.24, 2.45) is 0 Å². The van der Waals surface area contributed by atoms with Gasteiger partial charge in [-0.25, -0.2) is 0 Å². The zero-order valence-corrected chi connectivity index (χ0v) is 11.3. The smallest absolute Gasteiger partial charge is 0.135 e. The first-order valence-electron chi connectivity index (χ1n) is 5.64. The first kappa shape index (κ1) is 12.3. The second-order valence-corrected chi connectivity index (χ2v) is 5.28. The molecule has 2 heterocycles. The average molecular weight is 292 g/mol. The predicted octanol–water partition coefficient (Wildman–Crippen LogP) is 3.06. The summed E-state index contributed by atoms with van der Waals surface area (Å²) in [7, 11) is 0. The minimum atomic E-state index is -0.843. The summed E-state index contributed by atoms with van der Waals surface area (Å²) in [6.07, 6.45) is 0.707. The Hall–Kier alpha value is -1.69. The van der Waals surface area contributed by atoms with Gasteiger partial charge in [-0.1, -0.05) is 29.8 Å². The maximum atomic E-state index is 10.2. The molecule has 19 heavy (non-hydrogen) atoms. The highest BCUT2D eigenvalue weighted by molar-refractivity contribution is 7.10. The molecular formula is C13H10ClN3OS. The molecule has 3 rings (SSSR count). The Morgan fingerprint density at radius 3 is 2.68 bits per heavy atom. The van der Waals surface area contributed by atoms with Crippen LogP contribution in [-0.2, 0) is 0 Å². The highest BCUT2D eigenvalue weighted by atomic mass is 35.5. The van der Waals surface area contributed by atoms with Gasteiger partial charge in [0.2, 0.25) is 0 Å². The van der Waals surface area contributed by atoms with E-state index in [0.717, 1.165) is 5.69 Å². The SMILES string of the molecule is OC(c1cnn(-c2ccccc2)n1)c1sccc1Cl. The van der Waals surface area contributed by atoms with Gasteiger partial charge in [-0.2, -0.15) is 15.0 Å². The summed E-state index contributed by atoms with van der Waals surface area (Å²) in [6, 6.07) is 11.3. The first-order chi connectivity index (χ1) is 9.25. The molecule has 0 bridgehead atoms. The number of para-hydroxylation sites is 1. The molecule has 0 saturated heterocycles. The second-order valence-electron chi connectivity index (χ2n) is 3.93. The Morgan fingerprint density at radius 2 is 2.00 bits per heavy atom. The van der Waals surface area contributed by atoms with Gasteiger partial charge in [0.05, 0.1) is 21.8 Å². The van der Waals surface area contributed by atoms with Gasteiger partial charge in [-0.3, -0.25) is 0 Å². The number of aliphatic hydroxyl groups is 1. The van der Waals surface area contributed by atoms with E-state index in [0.29, 0.717) is 15.6 Å². The van der Waals surface area contributed by atoms with E-state index in [-0.39, 0.29) is 0 Å². The molecular weight excluding hydrogens is 282 g/mol. The Morgan fingerprint density at radius 1 is 1.21 bits per heavy atom. The first-order valence-corrected chi connectivity index (χ1v) is 6.90. The normalized spacial score (nSPS) is 12.5. The van der Waals surface area contributed by atoms with Crippen LogP contribution < -0.4 is 0 Å². The fraction of sp³-hybridized carbons (Fsp3) is 0.0769. The van der Waals surface area contributed by atoms with Crippen LogP contribution in [-0.4, -0.2) is 20.1 Å². The highest BCUT2D eigenvalue weighted by Crippen LogP contribution is 2.31. The molecule has 2 aromatic heterocycles. The average Bonchev–Trinajstić information content (AvgIpc) is 3.08. The van der Waals surface area contributed by atoms with E-state index in [1.165, 1.54) is 16.1 Å². The number of halogens is 1. The lowest BCUT2D eigenvalue weighted by Crippen LogP contribution is -2.02. The van der Waals surface area contributed by atoms with E-state index in [4.69, 9.17) is 11.6 Å². The van der Waals surface area contributed by atoms with Gasteiger partial charge in [0.25, 0.3) is 0 Å². The van der Waals surface area contributed by atoms with Crippen LogP contribution in [0, 0.1) is 0 Å². The fourth-order valence-corrected chi connectivity index (χ4v) is 2.88. The van der Waals surface area contributed by atoms with Crippen LogP contribution in [0.4, 0.5) is 0 Å². The molecule has 4 nitrogen and oxygen atoms in total. The summed E-state index contributed by atoms with van der Waals surface area (Å²) in [5.74, 6) is 0. The van der Waals surface area contributed by atoms with Crippen molar-refractivity contribution < 1.29 is 5.11 Å². The van der Waals surface area contributed by atoms with Gasteiger partial charge in [0.1, 0.15) is 11.8 Å². The van der Waals surface area contributed by atoms with Crippen molar-refractivity contribution in [3.05, 3.63) is 63.6 Å². The molecule has 0 aliphatic heterocycles. The van der Waals surface area contributed by atoms with Crippen LogP contribution in [0.25, 0.3) is 5.69 Å². The van der Waals surface area contributed by atoms with Crippen LogP contribution in [0.1, 0.15) is 16.7 Å². The summed E-state index contributed by atoms with van der Waals surface area (Å²) >= 11 is 7.40. The van der Waals surface area contributed by atoms with Crippen molar-refractivity contribution in [3.63, 3.8) is 0 Å². The third-order valence-corrected chi connectivity index (χ3v) is 4.08. The van der Waals surface area contributed by atoms with E-state index in [1.807, 2.05) is 35.7 Å². The molecule has 0 aliphatic carbocycles. The predicted molar refractivity (Wildman–Crippen MR) is 74.7 cm³/mol. The van der Waals surface area contributed by atoms with Crippen LogP contribution in [0.15, 0.2) is 48.0 Å². The number of benzene rings is 1. The number of nitrogens with zero attached hydrogens (tertiary/aromatic N) is 3. The zero-order chi connectivity index (χ0) is 13.2. The van der Waals surface area contributed by atoms with Crippen molar-refractivity contribution in [1.29, 1.82) is 0 Å². The van der Waals surface area contributed by atoms with Gasteiger partial charge in [0.15, 0.2) is 0 Å². The van der Waals surface area contributed by atoms with Crippen molar-refractivity contribution in [2.75, 3.05) is 0 Å². The summed E-state index contributed by atoms with van der Waals surface area (Å²) in [5, 5.41) is 21.1. The maximum absolute atomic E-state index is 10.2. The molecule has 96 valence electrons. The van der Waals surface area contributed by atoms with E-state index < -0.39 is 6.10 Å². The van der Waals surface area contributed by atoms with Gasteiger partial charge in [-0.15, -0.1) is 11.3 Å². The van der Waals surface area contributed by atoms with Crippen molar-refractivity contribution in [2.45, 2.75) is 6.10 Å². The maximum Gasteiger partial charge on any atom is 0.135 e. The lowest BCUT2D eigenvalue weighted by Gasteiger charge is -2.05. The van der Waals surface area contributed by atoms with Crippen molar-refractivity contribution >= 4 is 22.9 Å². The highest BCUT2D eigenvalue weighted by Gasteiger charge is 2.18. The molecule has 0 spiro atoms. The summed E-state index contributed by atoms with van der Waals surface area (Å²) in [4.78, 5) is 2.17. The molecule has 1 atom stereocenters. The number of thiophene rings is 1. The van der Waals surface area contributed by atoms with E-state index in [1.54, 1.807) is 12.3 Å². The third-order valence-electron chi connectivity index (χ3n) is 2.67. The third kappa shape index (κ3) is 2.40. The Balaban J connectivity index is 1.92. The quantitative estimate of drug-likeness (QED) is 0.807. The largest absolute Gasteiger partial charge is 0.381 e. The minimum Gasteiger partial charge on any atom is -0.381 e. The van der Waals surface area contributed by atoms with E-state index >= 15 is 0 Å².